The first-order chi connectivity index (χ1) is 11.0. The molecule has 0 spiro atoms. The number of nitrogens with one attached hydrogen (secondary N) is 1. The van der Waals surface area contributed by atoms with E-state index in [0.717, 1.165) is 25.2 Å². The maximum atomic E-state index is 12.3. The molecule has 0 aliphatic heterocycles. The number of aromatic hydroxyl groups is 1. The van der Waals surface area contributed by atoms with Gasteiger partial charge in [0, 0.05) is 17.8 Å². The molecular weight excluding hydrogens is 288 g/mol. The number of carbonyl (C=O) groups excluding carboxylic acids is 1. The average Bonchev–Trinajstić information content (AvgIpc) is 2.55. The van der Waals surface area contributed by atoms with Crippen molar-refractivity contribution in [3.63, 3.8) is 0 Å². The number of hydrogen-bond acceptors (Lipinski definition) is 3. The molecule has 2 rings (SSSR count). The lowest BCUT2D eigenvalue weighted by Gasteiger charge is -2.18. The lowest BCUT2D eigenvalue weighted by molar-refractivity contribution is 0.102. The molecule has 0 atom stereocenters. The van der Waals surface area contributed by atoms with Crippen LogP contribution in [0.1, 0.15) is 35.3 Å². The number of benzene rings is 2. The molecule has 1 amide bonds. The first-order valence-electron chi connectivity index (χ1n) is 7.95. The van der Waals surface area contributed by atoms with Gasteiger partial charge < -0.3 is 10.4 Å². The van der Waals surface area contributed by atoms with Crippen LogP contribution in [0.15, 0.2) is 42.5 Å². The Kier molecular flexibility index (Phi) is 5.77. The maximum Gasteiger partial charge on any atom is 0.255 e. The van der Waals surface area contributed by atoms with Crippen LogP contribution in [0.2, 0.25) is 0 Å². The van der Waals surface area contributed by atoms with Gasteiger partial charge in [-0.1, -0.05) is 26.0 Å². The quantitative estimate of drug-likeness (QED) is 0.798. The highest BCUT2D eigenvalue weighted by Gasteiger charge is 2.09. The fraction of sp³-hybridized carbons (Fsp3) is 0.316. The van der Waals surface area contributed by atoms with E-state index in [0.29, 0.717) is 11.3 Å². The smallest absolute Gasteiger partial charge is 0.255 e. The minimum absolute atomic E-state index is 0.145. The molecular formula is C19H24N2O2. The Morgan fingerprint density at radius 1 is 1.09 bits per heavy atom. The number of rotatable bonds is 6. The number of nitrogens with zero attached hydrogens (tertiary/aromatic N) is 1. The molecule has 0 fully saturated rings. The predicted octanol–water partition coefficient (Wildman–Crippen LogP) is 3.79. The maximum absolute atomic E-state index is 12.3. The van der Waals surface area contributed by atoms with Gasteiger partial charge in [-0.15, -0.1) is 0 Å². The highest BCUT2D eigenvalue weighted by atomic mass is 16.3. The number of anilines is 1. The Bertz CT molecular complexity index is 662. The lowest BCUT2D eigenvalue weighted by atomic mass is 10.1. The minimum atomic E-state index is -0.145. The van der Waals surface area contributed by atoms with Crippen molar-refractivity contribution in [2.75, 3.05) is 18.4 Å². The van der Waals surface area contributed by atoms with Gasteiger partial charge in [0.15, 0.2) is 0 Å². The molecule has 0 aliphatic rings. The zero-order chi connectivity index (χ0) is 16.8. The number of phenolic OH excluding ortho intramolecular Hbond substituents is 1. The summed E-state index contributed by atoms with van der Waals surface area (Å²) in [6, 6.07) is 12.6. The van der Waals surface area contributed by atoms with Crippen molar-refractivity contribution in [1.29, 1.82) is 0 Å². The predicted molar refractivity (Wildman–Crippen MR) is 93.9 cm³/mol. The van der Waals surface area contributed by atoms with Gasteiger partial charge in [0.1, 0.15) is 5.75 Å². The molecule has 4 nitrogen and oxygen atoms in total. The Morgan fingerprint density at radius 3 is 2.30 bits per heavy atom. The molecule has 2 N–H and O–H groups in total. The van der Waals surface area contributed by atoms with Crippen LogP contribution in [0.4, 0.5) is 5.69 Å². The summed E-state index contributed by atoms with van der Waals surface area (Å²) in [6.45, 7) is 9.06. The molecule has 0 heterocycles. The van der Waals surface area contributed by atoms with Crippen molar-refractivity contribution in [1.82, 2.24) is 4.90 Å². The fourth-order valence-electron chi connectivity index (χ4n) is 2.45. The Balaban J connectivity index is 2.05. The molecule has 0 aliphatic carbocycles. The summed E-state index contributed by atoms with van der Waals surface area (Å²) in [5, 5.41) is 12.3. The first kappa shape index (κ1) is 17.0. The highest BCUT2D eigenvalue weighted by Crippen LogP contribution is 2.21. The summed E-state index contributed by atoms with van der Waals surface area (Å²) < 4.78 is 0. The summed E-state index contributed by atoms with van der Waals surface area (Å²) in [6.07, 6.45) is 0. The van der Waals surface area contributed by atoms with Gasteiger partial charge in [0.05, 0.1) is 0 Å². The molecule has 2 aromatic carbocycles. The second-order valence-electron chi connectivity index (χ2n) is 5.61. The monoisotopic (exact) mass is 312 g/mol. The van der Waals surface area contributed by atoms with Gasteiger partial charge >= 0.3 is 0 Å². The third-order valence-corrected chi connectivity index (χ3v) is 3.97. The van der Waals surface area contributed by atoms with Crippen molar-refractivity contribution in [2.45, 2.75) is 27.3 Å². The molecule has 0 unspecified atom stereocenters. The molecule has 0 bridgehead atoms. The van der Waals surface area contributed by atoms with Crippen LogP contribution in [-0.2, 0) is 6.54 Å². The standard InChI is InChI=1S/C19H24N2O2/c1-4-21(5-2)13-15-6-8-16(9-7-15)19(23)20-18-11-10-17(22)12-14(18)3/h6-12,22H,4-5,13H2,1-3H3,(H,20,23). The lowest BCUT2D eigenvalue weighted by Crippen LogP contribution is -2.22. The van der Waals surface area contributed by atoms with Gasteiger partial charge in [-0.3, -0.25) is 9.69 Å². The third-order valence-electron chi connectivity index (χ3n) is 3.97. The largest absolute Gasteiger partial charge is 0.508 e. The van der Waals surface area contributed by atoms with Crippen molar-refractivity contribution < 1.29 is 9.90 Å². The van der Waals surface area contributed by atoms with Crippen LogP contribution in [-0.4, -0.2) is 29.0 Å². The van der Waals surface area contributed by atoms with Crippen molar-refractivity contribution in [3.8, 4) is 5.75 Å². The zero-order valence-electron chi connectivity index (χ0n) is 14.0. The van der Waals surface area contributed by atoms with Gasteiger partial charge in [0.25, 0.3) is 5.91 Å². The van der Waals surface area contributed by atoms with Crippen molar-refractivity contribution >= 4 is 11.6 Å². The molecule has 4 heteroatoms. The second kappa shape index (κ2) is 7.79. The van der Waals surface area contributed by atoms with E-state index in [1.807, 2.05) is 31.2 Å². The van der Waals surface area contributed by atoms with E-state index in [4.69, 9.17) is 0 Å². The van der Waals surface area contributed by atoms with Crippen LogP contribution >= 0.6 is 0 Å². The highest BCUT2D eigenvalue weighted by molar-refractivity contribution is 6.04. The summed E-state index contributed by atoms with van der Waals surface area (Å²) in [5.41, 5.74) is 3.36. The fourth-order valence-corrected chi connectivity index (χ4v) is 2.45. The summed E-state index contributed by atoms with van der Waals surface area (Å²) in [4.78, 5) is 14.6. The number of phenols is 1. The minimum Gasteiger partial charge on any atom is -0.508 e. The third kappa shape index (κ3) is 4.57. The molecule has 0 radical (unpaired) electrons. The van der Waals surface area contributed by atoms with Crippen LogP contribution in [0.3, 0.4) is 0 Å². The van der Waals surface area contributed by atoms with E-state index in [-0.39, 0.29) is 11.7 Å². The Morgan fingerprint density at radius 2 is 1.74 bits per heavy atom. The molecule has 122 valence electrons. The van der Waals surface area contributed by atoms with Crippen LogP contribution in [0, 0.1) is 6.92 Å². The van der Waals surface area contributed by atoms with Gasteiger partial charge in [-0.25, -0.2) is 0 Å². The normalized spacial score (nSPS) is 10.8. The van der Waals surface area contributed by atoms with E-state index in [1.54, 1.807) is 18.2 Å². The van der Waals surface area contributed by atoms with E-state index in [9.17, 15) is 9.90 Å². The number of carbonyl (C=O) groups is 1. The van der Waals surface area contributed by atoms with E-state index in [1.165, 1.54) is 5.56 Å². The second-order valence-corrected chi connectivity index (χ2v) is 5.61. The van der Waals surface area contributed by atoms with E-state index < -0.39 is 0 Å². The van der Waals surface area contributed by atoms with Gasteiger partial charge in [0.2, 0.25) is 0 Å². The molecule has 0 saturated heterocycles. The Hall–Kier alpha value is -2.33. The van der Waals surface area contributed by atoms with Crippen LogP contribution in [0.5, 0.6) is 5.75 Å². The van der Waals surface area contributed by atoms with E-state index in [2.05, 4.69) is 24.1 Å². The summed E-state index contributed by atoms with van der Waals surface area (Å²) in [7, 11) is 0. The SMILES string of the molecule is CCN(CC)Cc1ccc(C(=O)Nc2ccc(O)cc2C)cc1. The Labute approximate surface area is 137 Å². The topological polar surface area (TPSA) is 52.6 Å². The molecule has 23 heavy (non-hydrogen) atoms. The molecule has 2 aromatic rings. The van der Waals surface area contributed by atoms with Crippen LogP contribution in [0.25, 0.3) is 0 Å². The summed E-state index contributed by atoms with van der Waals surface area (Å²) >= 11 is 0. The van der Waals surface area contributed by atoms with Crippen molar-refractivity contribution in [3.05, 3.63) is 59.2 Å². The van der Waals surface area contributed by atoms with Gasteiger partial charge in [-0.2, -0.15) is 0 Å². The number of hydrogen-bond donors (Lipinski definition) is 2. The molecule has 0 saturated carbocycles. The van der Waals surface area contributed by atoms with Crippen LogP contribution < -0.4 is 5.32 Å². The van der Waals surface area contributed by atoms with E-state index >= 15 is 0 Å². The number of aryl methyl sites for hydroxylation is 1. The van der Waals surface area contributed by atoms with Gasteiger partial charge in [-0.05, 0) is 61.5 Å². The summed E-state index contributed by atoms with van der Waals surface area (Å²) in [5.74, 6) is 0.0504. The van der Waals surface area contributed by atoms with Crippen molar-refractivity contribution in [2.24, 2.45) is 0 Å². The molecule has 0 aromatic heterocycles. The number of amides is 1. The zero-order valence-corrected chi connectivity index (χ0v) is 14.0. The first-order valence-corrected chi connectivity index (χ1v) is 7.95. The average molecular weight is 312 g/mol.